The van der Waals surface area contributed by atoms with Crippen LogP contribution < -0.4 is 14.4 Å². The van der Waals surface area contributed by atoms with Crippen LogP contribution in [0.5, 0.6) is 5.75 Å². The zero-order chi connectivity index (χ0) is 23.0. The van der Waals surface area contributed by atoms with Gasteiger partial charge in [-0.25, -0.2) is 8.42 Å². The van der Waals surface area contributed by atoms with E-state index in [2.05, 4.69) is 12.2 Å². The summed E-state index contributed by atoms with van der Waals surface area (Å²) in [6.07, 6.45) is 2.16. The van der Waals surface area contributed by atoms with Crippen LogP contribution in [0.1, 0.15) is 28.4 Å². The van der Waals surface area contributed by atoms with E-state index in [9.17, 15) is 13.2 Å². The van der Waals surface area contributed by atoms with Crippen molar-refractivity contribution in [1.29, 1.82) is 0 Å². The second-order valence-corrected chi connectivity index (χ2v) is 9.31. The molecule has 6 nitrogen and oxygen atoms in total. The number of anilines is 1. The van der Waals surface area contributed by atoms with Crippen LogP contribution >= 0.6 is 0 Å². The standard InChI is InChI=1S/C25H28N2O4S/c1-3-20-11-15-24(16-12-20)31-18-17-26-25(28)22-13-9-21(10-14-22)19-27(32(2,29)30)23-7-5-4-6-8-23/h4-16H,3,17-19H2,1-2H3,(H,26,28). The molecule has 0 aliphatic heterocycles. The van der Waals surface area contributed by atoms with Crippen LogP contribution in [0.3, 0.4) is 0 Å². The van der Waals surface area contributed by atoms with Gasteiger partial charge in [-0.1, -0.05) is 49.4 Å². The van der Waals surface area contributed by atoms with Crippen LogP contribution in [0.2, 0.25) is 0 Å². The van der Waals surface area contributed by atoms with Crippen LogP contribution in [0.4, 0.5) is 5.69 Å². The molecule has 0 saturated carbocycles. The van der Waals surface area contributed by atoms with Crippen molar-refractivity contribution in [1.82, 2.24) is 5.32 Å². The largest absolute Gasteiger partial charge is 0.492 e. The number of aryl methyl sites for hydroxylation is 1. The molecule has 0 atom stereocenters. The van der Waals surface area contributed by atoms with E-state index in [0.717, 1.165) is 17.7 Å². The first-order valence-corrected chi connectivity index (χ1v) is 12.3. The van der Waals surface area contributed by atoms with Gasteiger partial charge in [0, 0.05) is 5.56 Å². The first-order valence-electron chi connectivity index (χ1n) is 10.5. The van der Waals surface area contributed by atoms with Gasteiger partial charge in [-0.2, -0.15) is 0 Å². The zero-order valence-corrected chi connectivity index (χ0v) is 19.1. The number of benzene rings is 3. The number of rotatable bonds is 10. The molecule has 0 fully saturated rings. The Morgan fingerprint density at radius 2 is 1.53 bits per heavy atom. The Labute approximate surface area is 189 Å². The Kier molecular flexibility index (Phi) is 7.89. The molecule has 0 bridgehead atoms. The predicted octanol–water partition coefficient (Wildman–Crippen LogP) is 4.02. The van der Waals surface area contributed by atoms with Crippen LogP contribution in [0.15, 0.2) is 78.9 Å². The molecule has 0 heterocycles. The zero-order valence-electron chi connectivity index (χ0n) is 18.3. The molecule has 0 unspecified atom stereocenters. The maximum atomic E-state index is 12.4. The lowest BCUT2D eigenvalue weighted by Crippen LogP contribution is -2.29. The minimum absolute atomic E-state index is 0.190. The average molecular weight is 453 g/mol. The third-order valence-corrected chi connectivity index (χ3v) is 6.12. The van der Waals surface area contributed by atoms with Crippen molar-refractivity contribution in [2.75, 3.05) is 23.7 Å². The summed E-state index contributed by atoms with van der Waals surface area (Å²) in [5, 5.41) is 2.83. The highest BCUT2D eigenvalue weighted by Crippen LogP contribution is 2.20. The summed E-state index contributed by atoms with van der Waals surface area (Å²) in [6.45, 7) is 3.04. The lowest BCUT2D eigenvalue weighted by molar-refractivity contribution is 0.0947. The number of hydrogen-bond donors (Lipinski definition) is 1. The Morgan fingerprint density at radius 1 is 0.906 bits per heavy atom. The van der Waals surface area contributed by atoms with Crippen molar-refractivity contribution in [3.63, 3.8) is 0 Å². The highest BCUT2D eigenvalue weighted by molar-refractivity contribution is 7.92. The molecule has 7 heteroatoms. The fourth-order valence-corrected chi connectivity index (χ4v) is 4.07. The van der Waals surface area contributed by atoms with E-state index >= 15 is 0 Å². The molecule has 3 aromatic carbocycles. The van der Waals surface area contributed by atoms with Crippen molar-refractivity contribution in [2.24, 2.45) is 0 Å². The molecule has 32 heavy (non-hydrogen) atoms. The van der Waals surface area contributed by atoms with E-state index in [1.54, 1.807) is 48.5 Å². The molecule has 1 N–H and O–H groups in total. The van der Waals surface area contributed by atoms with Gasteiger partial charge in [-0.15, -0.1) is 0 Å². The number of sulfonamides is 1. The first kappa shape index (κ1) is 23.3. The highest BCUT2D eigenvalue weighted by Gasteiger charge is 2.17. The number of ether oxygens (including phenoxy) is 1. The van der Waals surface area contributed by atoms with Gasteiger partial charge in [0.1, 0.15) is 12.4 Å². The normalized spacial score (nSPS) is 11.1. The summed E-state index contributed by atoms with van der Waals surface area (Å²) in [4.78, 5) is 12.4. The Balaban J connectivity index is 1.53. The minimum Gasteiger partial charge on any atom is -0.492 e. The summed E-state index contributed by atoms with van der Waals surface area (Å²) in [5.41, 5.74) is 3.14. The van der Waals surface area contributed by atoms with Crippen molar-refractivity contribution < 1.29 is 17.9 Å². The van der Waals surface area contributed by atoms with Gasteiger partial charge in [0.2, 0.25) is 10.0 Å². The van der Waals surface area contributed by atoms with Crippen molar-refractivity contribution in [3.8, 4) is 5.75 Å². The van der Waals surface area contributed by atoms with E-state index in [-0.39, 0.29) is 12.5 Å². The number of hydrogen-bond acceptors (Lipinski definition) is 4. The van der Waals surface area contributed by atoms with Crippen LogP contribution in [0.25, 0.3) is 0 Å². The van der Waals surface area contributed by atoms with Gasteiger partial charge in [0.05, 0.1) is 25.0 Å². The summed E-state index contributed by atoms with van der Waals surface area (Å²) in [7, 11) is -3.44. The lowest BCUT2D eigenvalue weighted by atomic mass is 10.1. The molecule has 0 aromatic heterocycles. The van der Waals surface area contributed by atoms with Crippen LogP contribution in [-0.4, -0.2) is 33.7 Å². The number of carbonyl (C=O) groups is 1. The van der Waals surface area contributed by atoms with Crippen LogP contribution in [0, 0.1) is 0 Å². The van der Waals surface area contributed by atoms with Gasteiger partial charge in [-0.3, -0.25) is 9.10 Å². The number of nitrogens with one attached hydrogen (secondary N) is 1. The van der Waals surface area contributed by atoms with Gasteiger partial charge >= 0.3 is 0 Å². The fraction of sp³-hybridized carbons (Fsp3) is 0.240. The van der Waals surface area contributed by atoms with Crippen molar-refractivity contribution in [2.45, 2.75) is 19.9 Å². The molecule has 0 aliphatic carbocycles. The van der Waals surface area contributed by atoms with E-state index < -0.39 is 10.0 Å². The maximum Gasteiger partial charge on any atom is 0.251 e. The molecule has 1 amide bonds. The summed E-state index contributed by atoms with van der Waals surface area (Å²) < 4.78 is 31.5. The lowest BCUT2D eigenvalue weighted by Gasteiger charge is -2.22. The monoisotopic (exact) mass is 452 g/mol. The van der Waals surface area contributed by atoms with Gasteiger partial charge in [-0.05, 0) is 53.9 Å². The van der Waals surface area contributed by atoms with Gasteiger partial charge < -0.3 is 10.1 Å². The van der Waals surface area contributed by atoms with Gasteiger partial charge in [0.25, 0.3) is 5.91 Å². The quantitative estimate of drug-likeness (QED) is 0.472. The summed E-state index contributed by atoms with van der Waals surface area (Å²) in [6, 6.07) is 23.8. The Hall–Kier alpha value is -3.32. The summed E-state index contributed by atoms with van der Waals surface area (Å²) >= 11 is 0. The molecule has 3 aromatic rings. The predicted molar refractivity (Wildman–Crippen MR) is 128 cm³/mol. The van der Waals surface area contributed by atoms with E-state index in [1.807, 2.05) is 30.3 Å². The first-order chi connectivity index (χ1) is 15.4. The van der Waals surface area contributed by atoms with Gasteiger partial charge in [0.15, 0.2) is 0 Å². The summed E-state index contributed by atoms with van der Waals surface area (Å²) in [5.74, 6) is 0.569. The van der Waals surface area contributed by atoms with E-state index in [4.69, 9.17) is 4.74 Å². The second-order valence-electron chi connectivity index (χ2n) is 7.40. The third kappa shape index (κ3) is 6.59. The van der Waals surface area contributed by atoms with Crippen LogP contribution in [-0.2, 0) is 23.0 Å². The number of carbonyl (C=O) groups excluding carboxylic acids is 1. The number of nitrogens with zero attached hydrogens (tertiary/aromatic N) is 1. The Morgan fingerprint density at radius 3 is 2.12 bits per heavy atom. The molecule has 0 radical (unpaired) electrons. The molecule has 0 spiro atoms. The van der Waals surface area contributed by atoms with E-state index in [0.29, 0.717) is 24.4 Å². The molecular formula is C25H28N2O4S. The number of para-hydroxylation sites is 1. The third-order valence-electron chi connectivity index (χ3n) is 4.97. The highest BCUT2D eigenvalue weighted by atomic mass is 32.2. The number of amides is 1. The second kappa shape index (κ2) is 10.8. The molecule has 3 rings (SSSR count). The maximum absolute atomic E-state index is 12.4. The molecular weight excluding hydrogens is 424 g/mol. The smallest absolute Gasteiger partial charge is 0.251 e. The van der Waals surface area contributed by atoms with E-state index in [1.165, 1.54) is 16.1 Å². The molecule has 0 aliphatic rings. The van der Waals surface area contributed by atoms with Crippen molar-refractivity contribution in [3.05, 3.63) is 95.6 Å². The topological polar surface area (TPSA) is 75.7 Å². The average Bonchev–Trinajstić information content (AvgIpc) is 2.80. The Bertz CT molecular complexity index is 1110. The molecule has 168 valence electrons. The SMILES string of the molecule is CCc1ccc(OCCNC(=O)c2ccc(CN(c3ccccc3)S(C)(=O)=O)cc2)cc1. The molecule has 0 saturated heterocycles. The van der Waals surface area contributed by atoms with Crippen molar-refractivity contribution >= 4 is 21.6 Å². The minimum atomic E-state index is -3.44. The fourth-order valence-electron chi connectivity index (χ4n) is 3.18.